The third-order valence-corrected chi connectivity index (χ3v) is 1.17. The summed E-state index contributed by atoms with van der Waals surface area (Å²) < 4.78 is 8.61. The van der Waals surface area contributed by atoms with E-state index in [9.17, 15) is 4.79 Å². The minimum absolute atomic E-state index is 0.177. The zero-order valence-electron chi connectivity index (χ0n) is 6.48. The number of hydrogen-bond acceptors (Lipinski definition) is 5. The molecule has 66 valence electrons. The van der Waals surface area contributed by atoms with Crippen LogP contribution >= 0.6 is 0 Å². The van der Waals surface area contributed by atoms with E-state index in [0.717, 1.165) is 7.11 Å². The predicted molar refractivity (Wildman–Crippen MR) is 35.7 cm³/mol. The Labute approximate surface area is 64.5 Å². The summed E-state index contributed by atoms with van der Waals surface area (Å²) in [5.74, 6) is -0.777. The van der Waals surface area contributed by atoms with E-state index in [1.54, 1.807) is 0 Å². The standard InChI is InChI=1S/C6H12O5/c1-10-5(8)3-4(7)6(9)11-2/h4-5,7-8H,3H2,1-2H3. The smallest absolute Gasteiger partial charge is 0.334 e. The van der Waals surface area contributed by atoms with Gasteiger partial charge < -0.3 is 19.7 Å². The number of ether oxygens (including phenoxy) is 2. The van der Waals surface area contributed by atoms with Gasteiger partial charge in [0.05, 0.1) is 7.11 Å². The lowest BCUT2D eigenvalue weighted by Gasteiger charge is -2.11. The molecule has 0 aromatic rings. The molecule has 2 atom stereocenters. The first-order valence-corrected chi connectivity index (χ1v) is 3.08. The molecule has 0 bridgehead atoms. The van der Waals surface area contributed by atoms with Crippen LogP contribution in [0.15, 0.2) is 0 Å². The molecular weight excluding hydrogens is 152 g/mol. The summed E-state index contributed by atoms with van der Waals surface area (Å²) in [6, 6.07) is 0. The molecule has 11 heavy (non-hydrogen) atoms. The molecule has 0 fully saturated rings. The number of carbonyl (C=O) groups is 1. The van der Waals surface area contributed by atoms with Crippen LogP contribution < -0.4 is 0 Å². The molecule has 0 saturated carbocycles. The third-order valence-electron chi connectivity index (χ3n) is 1.17. The highest BCUT2D eigenvalue weighted by atomic mass is 16.6. The summed E-state index contributed by atoms with van der Waals surface area (Å²) in [4.78, 5) is 10.5. The van der Waals surface area contributed by atoms with Crippen LogP contribution in [0.25, 0.3) is 0 Å². The Morgan fingerprint density at radius 2 is 2.00 bits per heavy atom. The second-order valence-corrected chi connectivity index (χ2v) is 1.97. The third kappa shape index (κ3) is 3.92. The van der Waals surface area contributed by atoms with Gasteiger partial charge in [0.15, 0.2) is 12.4 Å². The van der Waals surface area contributed by atoms with E-state index in [4.69, 9.17) is 10.2 Å². The molecule has 0 radical (unpaired) electrons. The van der Waals surface area contributed by atoms with Gasteiger partial charge in [0, 0.05) is 13.5 Å². The molecule has 0 aliphatic carbocycles. The van der Waals surface area contributed by atoms with Gasteiger partial charge in [-0.05, 0) is 0 Å². The molecule has 0 aromatic carbocycles. The average molecular weight is 164 g/mol. The first-order chi connectivity index (χ1) is 5.11. The number of methoxy groups -OCH3 is 2. The van der Waals surface area contributed by atoms with E-state index < -0.39 is 18.4 Å². The van der Waals surface area contributed by atoms with Crippen LogP contribution in [0.2, 0.25) is 0 Å². The van der Waals surface area contributed by atoms with E-state index in [1.807, 2.05) is 0 Å². The Morgan fingerprint density at radius 3 is 2.36 bits per heavy atom. The molecule has 0 aliphatic rings. The van der Waals surface area contributed by atoms with Gasteiger partial charge in [0.25, 0.3) is 0 Å². The number of rotatable bonds is 4. The minimum Gasteiger partial charge on any atom is -0.467 e. The molecule has 0 aromatic heterocycles. The van der Waals surface area contributed by atoms with Crippen molar-refractivity contribution in [2.75, 3.05) is 14.2 Å². The topological polar surface area (TPSA) is 76.0 Å². The molecular formula is C6H12O5. The fourth-order valence-electron chi connectivity index (χ4n) is 0.519. The molecule has 0 spiro atoms. The molecule has 0 rings (SSSR count). The maximum Gasteiger partial charge on any atom is 0.334 e. The van der Waals surface area contributed by atoms with Crippen molar-refractivity contribution >= 4 is 5.97 Å². The SMILES string of the molecule is COC(=O)C(O)CC(O)OC. The van der Waals surface area contributed by atoms with Gasteiger partial charge in [-0.2, -0.15) is 0 Å². The fourth-order valence-corrected chi connectivity index (χ4v) is 0.519. The number of aliphatic hydroxyl groups excluding tert-OH is 2. The Kier molecular flexibility index (Phi) is 4.76. The molecule has 0 aliphatic heterocycles. The molecule has 2 N–H and O–H groups in total. The van der Waals surface area contributed by atoms with E-state index in [1.165, 1.54) is 7.11 Å². The maximum atomic E-state index is 10.5. The van der Waals surface area contributed by atoms with Crippen molar-refractivity contribution in [1.82, 2.24) is 0 Å². The monoisotopic (exact) mass is 164 g/mol. The van der Waals surface area contributed by atoms with Crippen LogP contribution in [0.5, 0.6) is 0 Å². The fraction of sp³-hybridized carbons (Fsp3) is 0.833. The van der Waals surface area contributed by atoms with Gasteiger partial charge in [-0.3, -0.25) is 0 Å². The van der Waals surface area contributed by atoms with Gasteiger partial charge >= 0.3 is 5.97 Å². The van der Waals surface area contributed by atoms with E-state index in [-0.39, 0.29) is 6.42 Å². The summed E-state index contributed by atoms with van der Waals surface area (Å²) in [7, 11) is 2.43. The predicted octanol–water partition coefficient (Wildman–Crippen LogP) is -1.12. The largest absolute Gasteiger partial charge is 0.467 e. The Hall–Kier alpha value is -0.650. The molecule has 0 heterocycles. The summed E-state index contributed by atoms with van der Waals surface area (Å²) in [5.41, 5.74) is 0. The average Bonchev–Trinajstić information content (AvgIpc) is 2.02. The van der Waals surface area contributed by atoms with E-state index in [2.05, 4.69) is 9.47 Å². The lowest BCUT2D eigenvalue weighted by molar-refractivity contribution is -0.158. The van der Waals surface area contributed by atoms with Crippen molar-refractivity contribution in [3.63, 3.8) is 0 Å². The first kappa shape index (κ1) is 10.3. The molecule has 0 saturated heterocycles. The normalized spacial score (nSPS) is 15.6. The number of hydrogen-bond donors (Lipinski definition) is 2. The van der Waals surface area contributed by atoms with E-state index in [0.29, 0.717) is 0 Å². The van der Waals surface area contributed by atoms with Gasteiger partial charge in [-0.1, -0.05) is 0 Å². The molecule has 5 heteroatoms. The summed E-state index contributed by atoms with van der Waals surface area (Å²) >= 11 is 0. The lowest BCUT2D eigenvalue weighted by Crippen LogP contribution is -2.27. The van der Waals surface area contributed by atoms with Gasteiger partial charge in [-0.25, -0.2) is 4.79 Å². The lowest BCUT2D eigenvalue weighted by atomic mass is 10.2. The van der Waals surface area contributed by atoms with Crippen LogP contribution in [0, 0.1) is 0 Å². The van der Waals surface area contributed by atoms with Crippen LogP contribution in [0.3, 0.4) is 0 Å². The van der Waals surface area contributed by atoms with Gasteiger partial charge in [0.2, 0.25) is 0 Å². The molecule has 0 amide bonds. The highest BCUT2D eigenvalue weighted by molar-refractivity contribution is 5.74. The summed E-state index contributed by atoms with van der Waals surface area (Å²) in [6.45, 7) is 0. The van der Waals surface area contributed by atoms with Gasteiger partial charge in [-0.15, -0.1) is 0 Å². The zero-order chi connectivity index (χ0) is 8.85. The second kappa shape index (κ2) is 5.06. The van der Waals surface area contributed by atoms with E-state index >= 15 is 0 Å². The number of aliphatic hydroxyl groups is 2. The van der Waals surface area contributed by atoms with Crippen molar-refractivity contribution in [1.29, 1.82) is 0 Å². The van der Waals surface area contributed by atoms with Crippen molar-refractivity contribution in [2.24, 2.45) is 0 Å². The molecule has 5 nitrogen and oxygen atoms in total. The summed E-state index contributed by atoms with van der Waals surface area (Å²) in [6.07, 6.45) is -2.64. The van der Waals surface area contributed by atoms with Crippen molar-refractivity contribution < 1.29 is 24.5 Å². The Bertz CT molecular complexity index is 124. The van der Waals surface area contributed by atoms with Crippen LogP contribution in [-0.4, -0.2) is 42.8 Å². The Balaban J connectivity index is 3.67. The van der Waals surface area contributed by atoms with Crippen molar-refractivity contribution in [2.45, 2.75) is 18.8 Å². The highest BCUT2D eigenvalue weighted by Gasteiger charge is 2.18. The molecule has 2 unspecified atom stereocenters. The van der Waals surface area contributed by atoms with Crippen LogP contribution in [-0.2, 0) is 14.3 Å². The minimum atomic E-state index is -1.32. The van der Waals surface area contributed by atoms with Crippen molar-refractivity contribution in [3.05, 3.63) is 0 Å². The van der Waals surface area contributed by atoms with Crippen LogP contribution in [0.1, 0.15) is 6.42 Å². The van der Waals surface area contributed by atoms with Crippen LogP contribution in [0.4, 0.5) is 0 Å². The Morgan fingerprint density at radius 1 is 1.45 bits per heavy atom. The quantitative estimate of drug-likeness (QED) is 0.406. The first-order valence-electron chi connectivity index (χ1n) is 3.08. The van der Waals surface area contributed by atoms with Crippen molar-refractivity contribution in [3.8, 4) is 0 Å². The number of carbonyl (C=O) groups excluding carboxylic acids is 1. The zero-order valence-corrected chi connectivity index (χ0v) is 6.48. The number of esters is 1. The summed E-state index contributed by atoms with van der Waals surface area (Å²) in [5, 5.41) is 17.7. The van der Waals surface area contributed by atoms with Gasteiger partial charge in [0.1, 0.15) is 0 Å². The second-order valence-electron chi connectivity index (χ2n) is 1.97. The highest BCUT2D eigenvalue weighted by Crippen LogP contribution is 1.99. The maximum absolute atomic E-state index is 10.5.